The summed E-state index contributed by atoms with van der Waals surface area (Å²) >= 11 is 0. The van der Waals surface area contributed by atoms with Crippen LogP contribution in [0.4, 0.5) is 4.79 Å². The maximum atomic E-state index is 12.0. The van der Waals surface area contributed by atoms with Crippen LogP contribution in [0.15, 0.2) is 42.5 Å². The predicted octanol–water partition coefficient (Wildman–Crippen LogP) is 5.65. The second-order valence-corrected chi connectivity index (χ2v) is 5.77. The summed E-state index contributed by atoms with van der Waals surface area (Å²) in [6.07, 6.45) is 1.20. The molecule has 3 aromatic rings. The Hall–Kier alpha value is -2.55. The summed E-state index contributed by atoms with van der Waals surface area (Å²) in [6, 6.07) is 14.5. The molecule has 0 amide bonds. The van der Waals surface area contributed by atoms with Gasteiger partial charge < -0.3 is 9.47 Å². The van der Waals surface area contributed by atoms with Crippen molar-refractivity contribution in [2.45, 2.75) is 33.6 Å². The first kappa shape index (κ1) is 16.3. The summed E-state index contributed by atoms with van der Waals surface area (Å²) in [7, 11) is 0. The number of carbonyl (C=O) groups is 1. The minimum Gasteiger partial charge on any atom is -0.434 e. The Balaban J connectivity index is 2.35. The van der Waals surface area contributed by atoms with Gasteiger partial charge in [-0.25, -0.2) is 4.79 Å². The van der Waals surface area contributed by atoms with Crippen molar-refractivity contribution in [2.24, 2.45) is 0 Å². The highest BCUT2D eigenvalue weighted by atomic mass is 16.7. The van der Waals surface area contributed by atoms with Crippen molar-refractivity contribution in [3.63, 3.8) is 0 Å². The van der Waals surface area contributed by atoms with Crippen molar-refractivity contribution < 1.29 is 14.3 Å². The quantitative estimate of drug-likeness (QED) is 0.353. The minimum absolute atomic E-state index is 0.294. The molecule has 0 bridgehead atoms. The molecule has 24 heavy (non-hydrogen) atoms. The zero-order valence-electron chi connectivity index (χ0n) is 14.4. The van der Waals surface area contributed by atoms with Crippen molar-refractivity contribution in [3.8, 4) is 5.75 Å². The van der Waals surface area contributed by atoms with E-state index in [2.05, 4.69) is 32.0 Å². The monoisotopic (exact) mass is 322 g/mol. The fraction of sp³-hybridized carbons (Fsp3) is 0.286. The van der Waals surface area contributed by atoms with Crippen molar-refractivity contribution in [3.05, 3.63) is 53.6 Å². The molecule has 0 spiro atoms. The van der Waals surface area contributed by atoms with Gasteiger partial charge in [0.05, 0.1) is 6.61 Å². The number of rotatable bonds is 4. The topological polar surface area (TPSA) is 35.5 Å². The predicted molar refractivity (Wildman–Crippen MR) is 97.9 cm³/mol. The van der Waals surface area contributed by atoms with Gasteiger partial charge >= 0.3 is 6.16 Å². The maximum absolute atomic E-state index is 12.0. The van der Waals surface area contributed by atoms with Gasteiger partial charge in [-0.2, -0.15) is 0 Å². The molecule has 0 unspecified atom stereocenters. The molecule has 3 nitrogen and oxygen atoms in total. The lowest BCUT2D eigenvalue weighted by atomic mass is 9.94. The fourth-order valence-electron chi connectivity index (χ4n) is 3.14. The summed E-state index contributed by atoms with van der Waals surface area (Å²) in [6.45, 7) is 6.34. The Kier molecular flexibility index (Phi) is 4.70. The lowest BCUT2D eigenvalue weighted by Crippen LogP contribution is -2.11. The van der Waals surface area contributed by atoms with Gasteiger partial charge in [-0.3, -0.25) is 0 Å². The second-order valence-electron chi connectivity index (χ2n) is 5.77. The average Bonchev–Trinajstić information content (AvgIpc) is 2.60. The molecule has 3 heteroatoms. The SMILES string of the molecule is CCOC(=O)Oc1c2ccccc2cc2cc(CC)cc(CC)c12. The van der Waals surface area contributed by atoms with Crippen molar-refractivity contribution in [1.29, 1.82) is 0 Å². The number of benzene rings is 3. The van der Waals surface area contributed by atoms with E-state index in [0.29, 0.717) is 12.4 Å². The first-order valence-corrected chi connectivity index (χ1v) is 8.49. The highest BCUT2D eigenvalue weighted by Crippen LogP contribution is 2.38. The molecule has 0 fully saturated rings. The van der Waals surface area contributed by atoms with Crippen molar-refractivity contribution >= 4 is 27.7 Å². The third-order valence-corrected chi connectivity index (χ3v) is 4.29. The molecule has 0 N–H and O–H groups in total. The van der Waals surface area contributed by atoms with Crippen molar-refractivity contribution in [1.82, 2.24) is 0 Å². The van der Waals surface area contributed by atoms with Gasteiger partial charge in [0, 0.05) is 10.8 Å². The number of carbonyl (C=O) groups excluding carboxylic acids is 1. The molecular weight excluding hydrogens is 300 g/mol. The van der Waals surface area contributed by atoms with Crippen molar-refractivity contribution in [2.75, 3.05) is 6.61 Å². The highest BCUT2D eigenvalue weighted by Gasteiger charge is 2.16. The number of fused-ring (bicyclic) bond motifs is 2. The van der Waals surface area contributed by atoms with E-state index in [-0.39, 0.29) is 0 Å². The minimum atomic E-state index is -0.656. The Morgan fingerprint density at radius 1 is 0.958 bits per heavy atom. The molecule has 0 atom stereocenters. The summed E-state index contributed by atoms with van der Waals surface area (Å²) in [5.74, 6) is 0.598. The van der Waals surface area contributed by atoms with E-state index in [9.17, 15) is 4.79 Å². The molecule has 0 saturated carbocycles. The third kappa shape index (κ3) is 2.94. The standard InChI is InChI=1S/C21H22O3/c1-4-14-11-15(5-2)19-17(12-14)13-16-9-7-8-10-18(16)20(19)24-21(22)23-6-3/h7-13H,4-6H2,1-3H3. The van der Waals surface area contributed by atoms with E-state index >= 15 is 0 Å². The second kappa shape index (κ2) is 6.91. The first-order chi connectivity index (χ1) is 11.7. The normalized spacial score (nSPS) is 11.0. The largest absolute Gasteiger partial charge is 0.513 e. The van der Waals surface area contributed by atoms with Crippen LogP contribution in [0.2, 0.25) is 0 Å². The Labute approximate surface area is 142 Å². The summed E-state index contributed by atoms with van der Waals surface area (Å²) < 4.78 is 10.6. The van der Waals surface area contributed by atoms with Crippen LogP contribution in [0.5, 0.6) is 5.75 Å². The van der Waals surface area contributed by atoms with Crippen LogP contribution in [-0.4, -0.2) is 12.8 Å². The lowest BCUT2D eigenvalue weighted by Gasteiger charge is -2.15. The van der Waals surface area contributed by atoms with E-state index in [0.717, 1.165) is 34.4 Å². The summed E-state index contributed by atoms with van der Waals surface area (Å²) in [5.41, 5.74) is 2.48. The molecule has 124 valence electrons. The van der Waals surface area contributed by atoms with Crippen LogP contribution < -0.4 is 4.74 Å². The Morgan fingerprint density at radius 2 is 1.75 bits per heavy atom. The van der Waals surface area contributed by atoms with Gasteiger partial charge in [0.15, 0.2) is 0 Å². The maximum Gasteiger partial charge on any atom is 0.513 e. The molecular formula is C21H22O3. The van der Waals surface area contributed by atoms with Gasteiger partial charge in [0.2, 0.25) is 0 Å². The highest BCUT2D eigenvalue weighted by molar-refractivity contribution is 6.07. The van der Waals surface area contributed by atoms with E-state index in [1.54, 1.807) is 6.92 Å². The molecule has 0 aromatic heterocycles. The van der Waals surface area contributed by atoms with Crippen LogP contribution in [-0.2, 0) is 17.6 Å². The smallest absolute Gasteiger partial charge is 0.434 e. The van der Waals surface area contributed by atoms with E-state index in [1.807, 2.05) is 24.3 Å². The molecule has 0 aliphatic carbocycles. The number of ether oxygens (including phenoxy) is 2. The van der Waals surface area contributed by atoms with Gasteiger partial charge in [-0.05, 0) is 47.7 Å². The molecule has 0 aliphatic rings. The molecule has 0 aliphatic heterocycles. The van der Waals surface area contributed by atoms with Gasteiger partial charge in [-0.15, -0.1) is 0 Å². The molecule has 0 saturated heterocycles. The fourth-order valence-corrected chi connectivity index (χ4v) is 3.14. The number of hydrogen-bond donors (Lipinski definition) is 0. The lowest BCUT2D eigenvalue weighted by molar-refractivity contribution is 0.105. The molecule has 3 rings (SSSR count). The zero-order chi connectivity index (χ0) is 17.1. The van der Waals surface area contributed by atoms with E-state index in [4.69, 9.17) is 9.47 Å². The van der Waals surface area contributed by atoms with E-state index in [1.165, 1.54) is 11.1 Å². The number of hydrogen-bond acceptors (Lipinski definition) is 3. The van der Waals surface area contributed by atoms with Crippen LogP contribution in [0, 0.1) is 0 Å². The Morgan fingerprint density at radius 3 is 2.46 bits per heavy atom. The summed E-state index contributed by atoms with van der Waals surface area (Å²) in [5, 5.41) is 4.09. The average molecular weight is 322 g/mol. The zero-order valence-corrected chi connectivity index (χ0v) is 14.4. The summed E-state index contributed by atoms with van der Waals surface area (Å²) in [4.78, 5) is 12.0. The van der Waals surface area contributed by atoms with Gasteiger partial charge in [-0.1, -0.05) is 50.2 Å². The van der Waals surface area contributed by atoms with Gasteiger partial charge in [0.1, 0.15) is 5.75 Å². The van der Waals surface area contributed by atoms with Crippen LogP contribution in [0.25, 0.3) is 21.5 Å². The molecule has 0 radical (unpaired) electrons. The first-order valence-electron chi connectivity index (χ1n) is 8.49. The van der Waals surface area contributed by atoms with Gasteiger partial charge in [0.25, 0.3) is 0 Å². The Bertz CT molecular complexity index is 896. The van der Waals surface area contributed by atoms with E-state index < -0.39 is 6.16 Å². The number of aryl methyl sites for hydroxylation is 2. The molecule has 3 aromatic carbocycles. The van der Waals surface area contributed by atoms with Crippen LogP contribution >= 0.6 is 0 Å². The van der Waals surface area contributed by atoms with Crippen LogP contribution in [0.3, 0.4) is 0 Å². The third-order valence-electron chi connectivity index (χ3n) is 4.29. The molecule has 0 heterocycles. The van der Waals surface area contributed by atoms with Crippen LogP contribution in [0.1, 0.15) is 31.9 Å².